The fourth-order valence-electron chi connectivity index (χ4n) is 5.16. The van der Waals surface area contributed by atoms with E-state index in [0.29, 0.717) is 21.1 Å². The van der Waals surface area contributed by atoms with Gasteiger partial charge in [0, 0.05) is 23.3 Å². The molecule has 0 saturated carbocycles. The monoisotopic (exact) mass is 605 g/mol. The van der Waals surface area contributed by atoms with E-state index in [-0.39, 0.29) is 17.1 Å². The molecule has 9 nitrogen and oxygen atoms in total. The second kappa shape index (κ2) is 10.3. The first-order chi connectivity index (χ1) is 20.8. The van der Waals surface area contributed by atoms with Crippen LogP contribution in [-0.4, -0.2) is 38.7 Å². The van der Waals surface area contributed by atoms with Gasteiger partial charge in [0.1, 0.15) is 17.3 Å². The molecule has 0 amide bonds. The van der Waals surface area contributed by atoms with E-state index >= 15 is 0 Å². The lowest BCUT2D eigenvalue weighted by Crippen LogP contribution is -2.15. The van der Waals surface area contributed by atoms with Gasteiger partial charge >= 0.3 is 0 Å². The topological polar surface area (TPSA) is 124 Å². The fraction of sp³-hybridized carbons (Fsp3) is 0.0625. The number of nitrogen functional groups attached to an aromatic ring is 1. The minimum atomic E-state index is -1.76. The Labute approximate surface area is 253 Å². The Morgan fingerprint density at radius 1 is 0.977 bits per heavy atom. The van der Waals surface area contributed by atoms with Crippen molar-refractivity contribution < 1.29 is 9.00 Å². The molecule has 0 aliphatic carbocycles. The minimum Gasteiger partial charge on any atom is -0.383 e. The van der Waals surface area contributed by atoms with Crippen molar-refractivity contribution in [2.45, 2.75) is 18.7 Å². The number of nitrogens with two attached hydrogens (primary N) is 1. The Balaban J connectivity index is 1.38. The summed E-state index contributed by atoms with van der Waals surface area (Å²) in [6.45, 7) is 3.84. The third-order valence-electron chi connectivity index (χ3n) is 7.34. The van der Waals surface area contributed by atoms with Gasteiger partial charge in [-0.2, -0.15) is 5.10 Å². The second-order valence-corrected chi connectivity index (χ2v) is 12.0. The van der Waals surface area contributed by atoms with Gasteiger partial charge in [-0.05, 0) is 67.9 Å². The summed E-state index contributed by atoms with van der Waals surface area (Å²) in [4.78, 5) is 26.6. The number of nitrogens with one attached hydrogen (secondary N) is 1. The molecule has 3 aromatic carbocycles. The molecule has 11 heteroatoms. The molecule has 7 aromatic rings. The van der Waals surface area contributed by atoms with Crippen molar-refractivity contribution in [3.63, 3.8) is 0 Å². The number of carbonyl (C=O) groups is 1. The van der Waals surface area contributed by atoms with Crippen LogP contribution in [0.2, 0.25) is 5.02 Å². The largest absolute Gasteiger partial charge is 0.383 e. The van der Waals surface area contributed by atoms with Crippen LogP contribution in [-0.2, 0) is 11.0 Å². The Morgan fingerprint density at radius 2 is 1.79 bits per heavy atom. The van der Waals surface area contributed by atoms with Crippen LogP contribution in [0.5, 0.6) is 0 Å². The first kappa shape index (κ1) is 26.8. The molecule has 1 unspecified atom stereocenters. The molecule has 0 bridgehead atoms. The molecule has 3 N–H and O–H groups in total. The fourth-order valence-corrected chi connectivity index (χ4v) is 6.61. The highest BCUT2D eigenvalue weighted by Gasteiger charge is 2.26. The maximum Gasteiger partial charge on any atom is 0.215 e. The first-order valence-corrected chi connectivity index (χ1v) is 14.9. The molecule has 4 aromatic heterocycles. The van der Waals surface area contributed by atoms with E-state index in [4.69, 9.17) is 17.3 Å². The normalized spacial score (nSPS) is 12.3. The predicted octanol–water partition coefficient (Wildman–Crippen LogP) is 6.42. The van der Waals surface area contributed by atoms with Crippen LogP contribution in [0.15, 0.2) is 96.3 Å². The number of aromatic nitrogens is 6. The number of fused-ring (bicyclic) bond motifs is 2. The van der Waals surface area contributed by atoms with Crippen molar-refractivity contribution in [3.8, 4) is 16.8 Å². The number of H-pyrrole nitrogens is 1. The van der Waals surface area contributed by atoms with E-state index in [9.17, 15) is 9.00 Å². The molecule has 0 radical (unpaired) electrons. The van der Waals surface area contributed by atoms with Gasteiger partial charge in [-0.15, -0.1) is 0 Å². The summed E-state index contributed by atoms with van der Waals surface area (Å²) < 4.78 is 17.2. The summed E-state index contributed by atoms with van der Waals surface area (Å²) in [5, 5.41) is 5.70. The lowest BCUT2D eigenvalue weighted by Gasteiger charge is -2.11. The van der Waals surface area contributed by atoms with Gasteiger partial charge in [0.05, 0.1) is 43.9 Å². The van der Waals surface area contributed by atoms with Crippen LogP contribution >= 0.6 is 11.6 Å². The summed E-state index contributed by atoms with van der Waals surface area (Å²) in [6.07, 6.45) is 4.74. The Kier molecular flexibility index (Phi) is 6.45. The summed E-state index contributed by atoms with van der Waals surface area (Å²) in [5.41, 5.74) is 12.4. The molecule has 43 heavy (non-hydrogen) atoms. The van der Waals surface area contributed by atoms with Gasteiger partial charge in [0.25, 0.3) is 0 Å². The average molecular weight is 606 g/mol. The summed E-state index contributed by atoms with van der Waals surface area (Å²) in [6, 6.07) is 22.1. The van der Waals surface area contributed by atoms with Crippen molar-refractivity contribution in [1.82, 2.24) is 28.7 Å². The van der Waals surface area contributed by atoms with Gasteiger partial charge in [-0.3, -0.25) is 13.8 Å². The molecule has 0 fully saturated rings. The van der Waals surface area contributed by atoms with Crippen molar-refractivity contribution in [3.05, 3.63) is 119 Å². The molecule has 0 spiro atoms. The summed E-state index contributed by atoms with van der Waals surface area (Å²) in [5.74, 6) is 0.556. The number of pyridine rings is 1. The predicted molar refractivity (Wildman–Crippen MR) is 169 cm³/mol. The smallest absolute Gasteiger partial charge is 0.215 e. The molecular weight excluding hydrogens is 582 g/mol. The molecule has 0 saturated heterocycles. The number of ketones is 1. The number of imidazole rings is 1. The zero-order valence-electron chi connectivity index (χ0n) is 23.1. The number of nitrogens with zero attached hydrogens (tertiary/aromatic N) is 5. The Bertz CT molecular complexity index is 2230. The number of aryl methyl sites for hydroxylation is 2. The van der Waals surface area contributed by atoms with Gasteiger partial charge in [0.15, 0.2) is 11.0 Å². The highest BCUT2D eigenvalue weighted by atomic mass is 35.5. The standard InChI is InChI=1S/C32H24ClN7O2S/c1-18-3-8-23(9-4-18)43(42)40-29-13-20(24-16-35-12-11-26(24)33)5-6-21(29)14-30(40)31(41)25-17-36-39(32(25)34)22-7-10-27-28(15-22)38-19(2)37-27/h3-17H,34H2,1-2H3,(H,37,38). The van der Waals surface area contributed by atoms with E-state index in [0.717, 1.165) is 38.9 Å². The molecule has 4 heterocycles. The highest BCUT2D eigenvalue weighted by molar-refractivity contribution is 7.83. The number of carbonyl (C=O) groups excluding carboxylic acids is 1. The van der Waals surface area contributed by atoms with Crippen LogP contribution in [0.25, 0.3) is 38.8 Å². The van der Waals surface area contributed by atoms with Crippen LogP contribution in [0.1, 0.15) is 27.4 Å². The second-order valence-electron chi connectivity index (χ2n) is 10.2. The Hall–Kier alpha value is -5.06. The van der Waals surface area contributed by atoms with Crippen molar-refractivity contribution in [2.75, 3.05) is 5.73 Å². The number of hydrogen-bond donors (Lipinski definition) is 2. The number of anilines is 1. The van der Waals surface area contributed by atoms with Crippen LogP contribution in [0.3, 0.4) is 0 Å². The van der Waals surface area contributed by atoms with Crippen LogP contribution in [0.4, 0.5) is 5.82 Å². The van der Waals surface area contributed by atoms with Crippen molar-refractivity contribution in [1.29, 1.82) is 0 Å². The molecule has 1 atom stereocenters. The van der Waals surface area contributed by atoms with Gasteiger partial charge < -0.3 is 10.7 Å². The lowest BCUT2D eigenvalue weighted by atomic mass is 10.1. The van der Waals surface area contributed by atoms with Crippen molar-refractivity contribution >= 4 is 56.1 Å². The molecule has 0 aliphatic heterocycles. The molecular formula is C32H24ClN7O2S. The average Bonchev–Trinajstić information content (AvgIpc) is 3.70. The SMILES string of the molecule is Cc1ccc(S(=O)n2c(C(=O)c3cnn(-c4ccc5nc(C)[nH]c5c4)c3N)cc3ccc(-c4cnccc4Cl)cc32)cc1. The first-order valence-electron chi connectivity index (χ1n) is 13.4. The maximum absolute atomic E-state index is 14.2. The Morgan fingerprint density at radius 3 is 2.58 bits per heavy atom. The molecule has 7 rings (SSSR count). The van der Waals surface area contributed by atoms with E-state index in [2.05, 4.69) is 20.1 Å². The number of aromatic amines is 1. The van der Waals surface area contributed by atoms with Gasteiger partial charge in [-0.1, -0.05) is 41.4 Å². The molecule has 0 aliphatic rings. The number of rotatable bonds is 6. The van der Waals surface area contributed by atoms with Crippen LogP contribution in [0, 0.1) is 13.8 Å². The minimum absolute atomic E-state index is 0.168. The number of hydrogen-bond acceptors (Lipinski definition) is 6. The van der Waals surface area contributed by atoms with E-state index in [1.807, 2.05) is 62.4 Å². The zero-order chi connectivity index (χ0) is 29.8. The third kappa shape index (κ3) is 4.61. The number of halogens is 1. The quantitative estimate of drug-likeness (QED) is 0.211. The highest BCUT2D eigenvalue weighted by Crippen LogP contribution is 2.33. The van der Waals surface area contributed by atoms with E-state index in [1.54, 1.807) is 40.6 Å². The summed E-state index contributed by atoms with van der Waals surface area (Å²) >= 11 is 6.47. The van der Waals surface area contributed by atoms with Crippen molar-refractivity contribution in [2.24, 2.45) is 0 Å². The van der Waals surface area contributed by atoms with Gasteiger partial charge in [0.2, 0.25) is 5.78 Å². The van der Waals surface area contributed by atoms with Gasteiger partial charge in [-0.25, -0.2) is 13.9 Å². The number of benzene rings is 3. The van der Waals surface area contributed by atoms with E-state index < -0.39 is 16.8 Å². The molecule has 212 valence electrons. The summed E-state index contributed by atoms with van der Waals surface area (Å²) in [7, 11) is -1.76. The maximum atomic E-state index is 14.2. The van der Waals surface area contributed by atoms with Crippen LogP contribution < -0.4 is 5.73 Å². The zero-order valence-corrected chi connectivity index (χ0v) is 24.6. The van der Waals surface area contributed by atoms with E-state index in [1.165, 1.54) is 10.9 Å². The third-order valence-corrected chi connectivity index (χ3v) is 9.07. The lowest BCUT2D eigenvalue weighted by molar-refractivity contribution is 0.103.